The standard InChI is InChI=1S/C13H8F3NO/c14-13(15,16)8-5-6-11-9-3-1-2-4-10(9)12(18)17(11)7-8/h1-4,6-7H,5H2. The van der Waals surface area contributed by atoms with Gasteiger partial charge in [-0.1, -0.05) is 24.3 Å². The van der Waals surface area contributed by atoms with Crippen LogP contribution < -0.4 is 0 Å². The van der Waals surface area contributed by atoms with Crippen molar-refractivity contribution in [2.45, 2.75) is 12.6 Å². The van der Waals surface area contributed by atoms with E-state index in [9.17, 15) is 18.0 Å². The van der Waals surface area contributed by atoms with Crippen LogP contribution in [0.3, 0.4) is 0 Å². The van der Waals surface area contributed by atoms with Gasteiger partial charge in [0.1, 0.15) is 0 Å². The Morgan fingerprint density at radius 3 is 2.44 bits per heavy atom. The molecule has 0 aliphatic carbocycles. The number of rotatable bonds is 0. The number of hydrogen-bond acceptors (Lipinski definition) is 1. The van der Waals surface area contributed by atoms with Gasteiger partial charge in [0, 0.05) is 17.3 Å². The van der Waals surface area contributed by atoms with Gasteiger partial charge < -0.3 is 0 Å². The van der Waals surface area contributed by atoms with Gasteiger partial charge in [-0.3, -0.25) is 9.69 Å². The highest BCUT2D eigenvalue weighted by molar-refractivity contribution is 6.10. The molecule has 3 rings (SSSR count). The molecule has 0 radical (unpaired) electrons. The molecule has 2 aliphatic rings. The minimum absolute atomic E-state index is 0.197. The first-order valence-electron chi connectivity index (χ1n) is 5.39. The predicted octanol–water partition coefficient (Wildman–Crippen LogP) is 3.33. The van der Waals surface area contributed by atoms with E-state index < -0.39 is 17.7 Å². The highest BCUT2D eigenvalue weighted by Crippen LogP contribution is 2.40. The molecule has 0 saturated heterocycles. The molecule has 1 aromatic rings. The molecule has 2 heterocycles. The SMILES string of the molecule is O=C1c2ccccc2C2=CCC(C(F)(F)F)=CN12. The van der Waals surface area contributed by atoms with E-state index in [0.29, 0.717) is 16.8 Å². The third-order valence-corrected chi connectivity index (χ3v) is 3.08. The Balaban J connectivity index is 2.08. The molecule has 0 unspecified atom stereocenters. The third kappa shape index (κ3) is 1.47. The molecule has 0 bridgehead atoms. The molecule has 92 valence electrons. The minimum Gasteiger partial charge on any atom is -0.283 e. The fraction of sp³-hybridized carbons (Fsp3) is 0.154. The summed E-state index contributed by atoms with van der Waals surface area (Å²) >= 11 is 0. The lowest BCUT2D eigenvalue weighted by Gasteiger charge is -2.22. The number of hydrogen-bond donors (Lipinski definition) is 0. The third-order valence-electron chi connectivity index (χ3n) is 3.08. The molecule has 0 atom stereocenters. The second-order valence-electron chi connectivity index (χ2n) is 4.17. The highest BCUT2D eigenvalue weighted by Gasteiger charge is 2.39. The van der Waals surface area contributed by atoms with Crippen LogP contribution in [0.25, 0.3) is 5.70 Å². The fourth-order valence-corrected chi connectivity index (χ4v) is 2.20. The zero-order chi connectivity index (χ0) is 12.9. The van der Waals surface area contributed by atoms with E-state index in [1.807, 2.05) is 0 Å². The van der Waals surface area contributed by atoms with Gasteiger partial charge in [0.15, 0.2) is 0 Å². The first-order chi connectivity index (χ1) is 8.48. The lowest BCUT2D eigenvalue weighted by atomic mass is 10.0. The van der Waals surface area contributed by atoms with Gasteiger partial charge in [0.05, 0.1) is 11.3 Å². The normalized spacial score (nSPS) is 18.2. The van der Waals surface area contributed by atoms with Crippen molar-refractivity contribution in [3.05, 3.63) is 53.2 Å². The van der Waals surface area contributed by atoms with Gasteiger partial charge in [0.2, 0.25) is 0 Å². The zero-order valence-electron chi connectivity index (χ0n) is 9.16. The van der Waals surface area contributed by atoms with Gasteiger partial charge in [-0.2, -0.15) is 13.2 Å². The van der Waals surface area contributed by atoms with Crippen molar-refractivity contribution < 1.29 is 18.0 Å². The monoisotopic (exact) mass is 251 g/mol. The largest absolute Gasteiger partial charge is 0.414 e. The Morgan fingerprint density at radius 2 is 1.78 bits per heavy atom. The topological polar surface area (TPSA) is 20.3 Å². The maximum atomic E-state index is 12.6. The van der Waals surface area contributed by atoms with Gasteiger partial charge in [-0.25, -0.2) is 0 Å². The van der Waals surface area contributed by atoms with E-state index in [1.165, 1.54) is 6.08 Å². The lowest BCUT2D eigenvalue weighted by Crippen LogP contribution is -2.24. The van der Waals surface area contributed by atoms with Crippen LogP contribution in [0, 0.1) is 0 Å². The summed E-state index contributed by atoms with van der Waals surface area (Å²) < 4.78 is 37.9. The van der Waals surface area contributed by atoms with Crippen LogP contribution >= 0.6 is 0 Å². The minimum atomic E-state index is -4.39. The molecular weight excluding hydrogens is 243 g/mol. The van der Waals surface area contributed by atoms with Crippen LogP contribution in [0.2, 0.25) is 0 Å². The second kappa shape index (κ2) is 3.48. The number of carbonyl (C=O) groups is 1. The van der Waals surface area contributed by atoms with Gasteiger partial charge in [-0.05, 0) is 12.5 Å². The maximum Gasteiger partial charge on any atom is 0.414 e. The van der Waals surface area contributed by atoms with Crippen LogP contribution in [-0.2, 0) is 0 Å². The quantitative estimate of drug-likeness (QED) is 0.692. The Morgan fingerprint density at radius 1 is 1.11 bits per heavy atom. The number of alkyl halides is 3. The summed E-state index contributed by atoms with van der Waals surface area (Å²) in [5, 5.41) is 0. The van der Waals surface area contributed by atoms with E-state index in [1.54, 1.807) is 24.3 Å². The maximum absolute atomic E-state index is 12.6. The molecule has 0 saturated carbocycles. The van der Waals surface area contributed by atoms with Crippen LogP contribution in [0.4, 0.5) is 13.2 Å². The van der Waals surface area contributed by atoms with Crippen molar-refractivity contribution in [1.82, 2.24) is 4.90 Å². The van der Waals surface area contributed by atoms with Crippen molar-refractivity contribution >= 4 is 11.6 Å². The van der Waals surface area contributed by atoms with Crippen LogP contribution in [0.1, 0.15) is 22.3 Å². The summed E-state index contributed by atoms with van der Waals surface area (Å²) in [4.78, 5) is 13.1. The second-order valence-corrected chi connectivity index (χ2v) is 4.17. The summed E-state index contributed by atoms with van der Waals surface area (Å²) in [6.45, 7) is 0. The number of amides is 1. The molecule has 2 aliphatic heterocycles. The molecular formula is C13H8F3NO. The molecule has 0 fully saturated rings. The van der Waals surface area contributed by atoms with E-state index in [0.717, 1.165) is 11.1 Å². The van der Waals surface area contributed by atoms with Crippen LogP contribution in [0.5, 0.6) is 0 Å². The molecule has 0 aromatic heterocycles. The lowest BCUT2D eigenvalue weighted by molar-refractivity contribution is -0.0938. The average Bonchev–Trinajstić information content (AvgIpc) is 2.63. The fourth-order valence-electron chi connectivity index (χ4n) is 2.20. The summed E-state index contributed by atoms with van der Waals surface area (Å²) in [5.41, 5.74) is 0.986. The predicted molar refractivity (Wildman–Crippen MR) is 59.3 cm³/mol. The van der Waals surface area contributed by atoms with Gasteiger partial charge >= 0.3 is 6.18 Å². The first-order valence-corrected chi connectivity index (χ1v) is 5.39. The Bertz CT molecular complexity index is 598. The summed E-state index contributed by atoms with van der Waals surface area (Å²) in [6.07, 6.45) is -2.24. The molecule has 0 N–H and O–H groups in total. The number of allylic oxidation sites excluding steroid dienone is 2. The summed E-state index contributed by atoms with van der Waals surface area (Å²) in [7, 11) is 0. The Hall–Kier alpha value is -2.04. The number of fused-ring (bicyclic) bond motifs is 3. The van der Waals surface area contributed by atoms with E-state index in [-0.39, 0.29) is 6.42 Å². The molecule has 1 aromatic carbocycles. The zero-order valence-corrected chi connectivity index (χ0v) is 9.16. The molecule has 1 amide bonds. The molecule has 2 nitrogen and oxygen atoms in total. The number of nitrogens with zero attached hydrogens (tertiary/aromatic N) is 1. The number of halogens is 3. The van der Waals surface area contributed by atoms with E-state index >= 15 is 0 Å². The highest BCUT2D eigenvalue weighted by atomic mass is 19.4. The summed E-state index contributed by atoms with van der Waals surface area (Å²) in [6, 6.07) is 6.83. The van der Waals surface area contributed by atoms with Crippen LogP contribution in [0.15, 0.2) is 42.1 Å². The first kappa shape index (κ1) is 11.1. The van der Waals surface area contributed by atoms with Crippen molar-refractivity contribution in [3.8, 4) is 0 Å². The van der Waals surface area contributed by atoms with Crippen molar-refractivity contribution in [2.75, 3.05) is 0 Å². The molecule has 0 spiro atoms. The number of carbonyl (C=O) groups excluding carboxylic acids is 1. The number of benzene rings is 1. The smallest absolute Gasteiger partial charge is 0.283 e. The van der Waals surface area contributed by atoms with Gasteiger partial charge in [0.25, 0.3) is 5.91 Å². The molecule has 5 heteroatoms. The van der Waals surface area contributed by atoms with Crippen molar-refractivity contribution in [1.29, 1.82) is 0 Å². The van der Waals surface area contributed by atoms with Crippen LogP contribution in [-0.4, -0.2) is 17.0 Å². The van der Waals surface area contributed by atoms with Crippen molar-refractivity contribution in [2.24, 2.45) is 0 Å². The van der Waals surface area contributed by atoms with E-state index in [2.05, 4.69) is 0 Å². The average molecular weight is 251 g/mol. The van der Waals surface area contributed by atoms with E-state index in [4.69, 9.17) is 0 Å². The van der Waals surface area contributed by atoms with Crippen molar-refractivity contribution in [3.63, 3.8) is 0 Å². The Kier molecular flexibility index (Phi) is 2.14. The summed E-state index contributed by atoms with van der Waals surface area (Å²) in [5.74, 6) is -0.404. The molecule has 18 heavy (non-hydrogen) atoms. The Labute approximate surface area is 101 Å². The van der Waals surface area contributed by atoms with Gasteiger partial charge in [-0.15, -0.1) is 0 Å².